The first-order chi connectivity index (χ1) is 22.6. The predicted molar refractivity (Wildman–Crippen MR) is 196 cm³/mol. The third-order valence-electron chi connectivity index (χ3n) is 9.40. The van der Waals surface area contributed by atoms with Crippen LogP contribution in [0.5, 0.6) is 0 Å². The summed E-state index contributed by atoms with van der Waals surface area (Å²) in [6, 6.07) is 0. The van der Waals surface area contributed by atoms with Gasteiger partial charge < -0.3 is 14.6 Å². The van der Waals surface area contributed by atoms with Crippen molar-refractivity contribution in [1.29, 1.82) is 0 Å². The van der Waals surface area contributed by atoms with E-state index in [2.05, 4.69) is 13.8 Å². The van der Waals surface area contributed by atoms with Crippen LogP contribution in [0.25, 0.3) is 0 Å². The molecule has 0 aliphatic heterocycles. The highest BCUT2D eigenvalue weighted by molar-refractivity contribution is 5.70. The summed E-state index contributed by atoms with van der Waals surface area (Å²) in [6.07, 6.45) is 41.6. The lowest BCUT2D eigenvalue weighted by atomic mass is 10.0. The van der Waals surface area contributed by atoms with E-state index in [4.69, 9.17) is 9.47 Å². The van der Waals surface area contributed by atoms with Crippen LogP contribution in [0.4, 0.5) is 0 Å². The maximum Gasteiger partial charge on any atom is 0.306 e. The molecule has 0 fully saturated rings. The van der Waals surface area contributed by atoms with Gasteiger partial charge in [-0.05, 0) is 12.8 Å². The molecule has 0 aliphatic rings. The average Bonchev–Trinajstić information content (AvgIpc) is 3.06. The second-order valence-corrected chi connectivity index (χ2v) is 14.1. The van der Waals surface area contributed by atoms with Crippen LogP contribution in [0, 0.1) is 0 Å². The van der Waals surface area contributed by atoms with Crippen LogP contribution in [-0.2, 0) is 19.1 Å². The second-order valence-electron chi connectivity index (χ2n) is 14.1. The van der Waals surface area contributed by atoms with E-state index in [1.165, 1.54) is 173 Å². The van der Waals surface area contributed by atoms with Gasteiger partial charge in [0.05, 0.1) is 6.61 Å². The zero-order valence-electron chi connectivity index (χ0n) is 31.1. The first-order valence-corrected chi connectivity index (χ1v) is 20.6. The Morgan fingerprint density at radius 3 is 0.957 bits per heavy atom. The standard InChI is InChI=1S/C41H80O5/c1-3-5-7-9-11-13-15-17-19-20-22-23-25-27-29-31-33-35-40(43)45-38-39(37-42)46-41(44)36-34-32-30-28-26-24-21-18-16-14-12-10-8-6-4-2/h39,42H,3-38H2,1-2H3/t39-/m1/s1. The molecule has 0 heterocycles. The van der Waals surface area contributed by atoms with Crippen molar-refractivity contribution < 1.29 is 24.2 Å². The molecule has 0 amide bonds. The highest BCUT2D eigenvalue weighted by Crippen LogP contribution is 2.16. The zero-order valence-corrected chi connectivity index (χ0v) is 31.1. The molecule has 0 unspecified atom stereocenters. The number of carbonyl (C=O) groups is 2. The van der Waals surface area contributed by atoms with Gasteiger partial charge in [0.15, 0.2) is 6.10 Å². The summed E-state index contributed by atoms with van der Waals surface area (Å²) < 4.78 is 10.6. The number of esters is 2. The van der Waals surface area contributed by atoms with Crippen molar-refractivity contribution in [2.75, 3.05) is 13.2 Å². The molecule has 274 valence electrons. The number of rotatable bonds is 38. The van der Waals surface area contributed by atoms with Crippen molar-refractivity contribution in [2.24, 2.45) is 0 Å². The number of aliphatic hydroxyl groups is 1. The van der Waals surface area contributed by atoms with Crippen molar-refractivity contribution in [3.63, 3.8) is 0 Å². The SMILES string of the molecule is CCCCCCCCCCCCCCCCCCCC(=O)OC[C@@H](CO)OC(=O)CCCCCCCCCCCCCCCCC. The van der Waals surface area contributed by atoms with Gasteiger partial charge in [0, 0.05) is 12.8 Å². The first kappa shape index (κ1) is 44.9. The largest absolute Gasteiger partial charge is 0.462 e. The quantitative estimate of drug-likeness (QED) is 0.0531. The Morgan fingerprint density at radius 1 is 0.413 bits per heavy atom. The van der Waals surface area contributed by atoms with E-state index in [1.807, 2.05) is 0 Å². The monoisotopic (exact) mass is 653 g/mol. The molecule has 0 aromatic rings. The molecule has 0 bridgehead atoms. The number of aliphatic hydroxyl groups excluding tert-OH is 1. The third-order valence-corrected chi connectivity index (χ3v) is 9.40. The van der Waals surface area contributed by atoms with E-state index >= 15 is 0 Å². The Hall–Kier alpha value is -1.10. The maximum absolute atomic E-state index is 12.2. The normalized spacial score (nSPS) is 12.0. The molecule has 0 saturated carbocycles. The van der Waals surface area contributed by atoms with Crippen LogP contribution in [0.2, 0.25) is 0 Å². The van der Waals surface area contributed by atoms with Crippen LogP contribution < -0.4 is 0 Å². The van der Waals surface area contributed by atoms with Crippen molar-refractivity contribution in [2.45, 2.75) is 238 Å². The molecule has 0 rings (SSSR count). The minimum absolute atomic E-state index is 0.0567. The number of ether oxygens (including phenoxy) is 2. The van der Waals surface area contributed by atoms with Crippen molar-refractivity contribution in [3.05, 3.63) is 0 Å². The summed E-state index contributed by atoms with van der Waals surface area (Å²) >= 11 is 0. The molecule has 0 saturated heterocycles. The average molecular weight is 653 g/mol. The van der Waals surface area contributed by atoms with Crippen LogP contribution in [0.3, 0.4) is 0 Å². The Labute approximate surface area is 287 Å². The van der Waals surface area contributed by atoms with Crippen molar-refractivity contribution in [3.8, 4) is 0 Å². The maximum atomic E-state index is 12.2. The minimum Gasteiger partial charge on any atom is -0.462 e. The van der Waals surface area contributed by atoms with Crippen LogP contribution >= 0.6 is 0 Å². The fraction of sp³-hybridized carbons (Fsp3) is 0.951. The lowest BCUT2D eigenvalue weighted by Crippen LogP contribution is -2.28. The smallest absolute Gasteiger partial charge is 0.306 e. The molecule has 5 nitrogen and oxygen atoms in total. The summed E-state index contributed by atoms with van der Waals surface area (Å²) in [5, 5.41) is 9.56. The van der Waals surface area contributed by atoms with Gasteiger partial charge in [-0.2, -0.15) is 0 Å². The molecule has 5 heteroatoms. The molecular weight excluding hydrogens is 572 g/mol. The van der Waals surface area contributed by atoms with E-state index in [1.54, 1.807) is 0 Å². The van der Waals surface area contributed by atoms with E-state index in [0.717, 1.165) is 32.1 Å². The Balaban J connectivity index is 3.48. The molecule has 0 spiro atoms. The zero-order chi connectivity index (χ0) is 33.6. The molecule has 1 atom stereocenters. The van der Waals surface area contributed by atoms with E-state index in [-0.39, 0.29) is 25.2 Å². The molecule has 46 heavy (non-hydrogen) atoms. The highest BCUT2D eigenvalue weighted by Gasteiger charge is 2.16. The van der Waals surface area contributed by atoms with Gasteiger partial charge in [0.25, 0.3) is 0 Å². The number of unbranched alkanes of at least 4 members (excludes halogenated alkanes) is 30. The van der Waals surface area contributed by atoms with Crippen LogP contribution in [-0.4, -0.2) is 36.4 Å². The predicted octanol–water partition coefficient (Wildman–Crippen LogP) is 12.7. The third kappa shape index (κ3) is 35.7. The Bertz CT molecular complexity index is 622. The van der Waals surface area contributed by atoms with Gasteiger partial charge in [-0.1, -0.05) is 206 Å². The lowest BCUT2D eigenvalue weighted by Gasteiger charge is -2.15. The molecular formula is C41H80O5. The summed E-state index contributed by atoms with van der Waals surface area (Å²) in [5.74, 6) is -0.573. The lowest BCUT2D eigenvalue weighted by molar-refractivity contribution is -0.161. The summed E-state index contributed by atoms with van der Waals surface area (Å²) in [4.78, 5) is 24.3. The molecule has 0 radical (unpaired) electrons. The van der Waals surface area contributed by atoms with Crippen LogP contribution in [0.15, 0.2) is 0 Å². The first-order valence-electron chi connectivity index (χ1n) is 20.6. The topological polar surface area (TPSA) is 72.8 Å². The highest BCUT2D eigenvalue weighted by atomic mass is 16.6. The van der Waals surface area contributed by atoms with Gasteiger partial charge in [0.1, 0.15) is 6.61 Å². The van der Waals surface area contributed by atoms with E-state index < -0.39 is 6.10 Å². The number of carbonyl (C=O) groups excluding carboxylic acids is 2. The Morgan fingerprint density at radius 2 is 0.674 bits per heavy atom. The summed E-state index contributed by atoms with van der Waals surface area (Å²) in [5.41, 5.74) is 0. The Kier molecular flexibility index (Phi) is 37.4. The molecule has 1 N–H and O–H groups in total. The summed E-state index contributed by atoms with van der Waals surface area (Å²) in [7, 11) is 0. The number of hydrogen-bond donors (Lipinski definition) is 1. The van der Waals surface area contributed by atoms with E-state index in [0.29, 0.717) is 12.8 Å². The minimum atomic E-state index is -0.761. The van der Waals surface area contributed by atoms with Crippen molar-refractivity contribution in [1.82, 2.24) is 0 Å². The molecule has 0 aliphatic carbocycles. The van der Waals surface area contributed by atoms with Crippen molar-refractivity contribution >= 4 is 11.9 Å². The fourth-order valence-corrected chi connectivity index (χ4v) is 6.26. The fourth-order valence-electron chi connectivity index (χ4n) is 6.26. The van der Waals surface area contributed by atoms with Gasteiger partial charge in [-0.15, -0.1) is 0 Å². The van der Waals surface area contributed by atoms with Gasteiger partial charge in [-0.25, -0.2) is 0 Å². The van der Waals surface area contributed by atoms with Gasteiger partial charge in [0.2, 0.25) is 0 Å². The second kappa shape index (κ2) is 38.3. The summed E-state index contributed by atoms with van der Waals surface area (Å²) in [6.45, 7) is 4.17. The van der Waals surface area contributed by atoms with Gasteiger partial charge >= 0.3 is 11.9 Å². The van der Waals surface area contributed by atoms with Crippen LogP contribution in [0.1, 0.15) is 232 Å². The van der Waals surface area contributed by atoms with E-state index in [9.17, 15) is 14.7 Å². The molecule has 0 aromatic carbocycles. The number of hydrogen-bond acceptors (Lipinski definition) is 5. The van der Waals surface area contributed by atoms with Gasteiger partial charge in [-0.3, -0.25) is 9.59 Å². The molecule has 0 aromatic heterocycles.